The molecule has 3 atom stereocenters. The van der Waals surface area contributed by atoms with Crippen LogP contribution in [0.2, 0.25) is 0 Å². The summed E-state index contributed by atoms with van der Waals surface area (Å²) >= 11 is 0. The fourth-order valence-electron chi connectivity index (χ4n) is 3.06. The molecule has 2 fully saturated rings. The maximum atomic E-state index is 12.5. The largest absolute Gasteiger partial charge is 0.381 e. The molecule has 3 heterocycles. The molecule has 0 bridgehead atoms. The lowest BCUT2D eigenvalue weighted by atomic mass is 9.88. The van der Waals surface area contributed by atoms with Gasteiger partial charge in [0.05, 0.1) is 6.33 Å². The highest BCUT2D eigenvalue weighted by atomic mass is 32.2. The van der Waals surface area contributed by atoms with Crippen LogP contribution in [0.25, 0.3) is 0 Å². The molecule has 2 saturated heterocycles. The summed E-state index contributed by atoms with van der Waals surface area (Å²) in [6, 6.07) is -0.125. The number of sulfonamides is 1. The Labute approximate surface area is 118 Å². The molecule has 0 spiro atoms. The fraction of sp³-hybridized carbons (Fsp3) is 0.750. The van der Waals surface area contributed by atoms with Crippen LogP contribution in [-0.2, 0) is 21.8 Å². The molecule has 2 aliphatic heterocycles. The van der Waals surface area contributed by atoms with Gasteiger partial charge in [-0.15, -0.1) is 0 Å². The van der Waals surface area contributed by atoms with Crippen molar-refractivity contribution in [3.63, 3.8) is 0 Å². The van der Waals surface area contributed by atoms with Crippen molar-refractivity contribution in [2.24, 2.45) is 24.6 Å². The van der Waals surface area contributed by atoms with Gasteiger partial charge in [-0.3, -0.25) is 0 Å². The van der Waals surface area contributed by atoms with Gasteiger partial charge in [-0.2, -0.15) is 4.31 Å². The van der Waals surface area contributed by atoms with Crippen molar-refractivity contribution in [3.05, 3.63) is 12.5 Å². The van der Waals surface area contributed by atoms with E-state index in [-0.39, 0.29) is 17.0 Å². The van der Waals surface area contributed by atoms with E-state index in [0.29, 0.717) is 25.6 Å². The van der Waals surface area contributed by atoms with E-state index in [1.807, 2.05) is 0 Å². The molecule has 2 N–H and O–H groups in total. The number of hydrogen-bond donors (Lipinski definition) is 1. The lowest BCUT2D eigenvalue weighted by molar-refractivity contribution is 0.171. The highest BCUT2D eigenvalue weighted by molar-refractivity contribution is 7.89. The van der Waals surface area contributed by atoms with Gasteiger partial charge < -0.3 is 15.0 Å². The zero-order valence-electron chi connectivity index (χ0n) is 11.5. The quantitative estimate of drug-likeness (QED) is 0.805. The number of nitrogens with two attached hydrogens (primary N) is 1. The number of rotatable bonds is 3. The fourth-order valence-corrected chi connectivity index (χ4v) is 4.54. The third-order valence-electron chi connectivity index (χ3n) is 4.23. The van der Waals surface area contributed by atoms with Crippen LogP contribution in [-0.4, -0.2) is 54.6 Å². The topological polar surface area (TPSA) is 90.5 Å². The van der Waals surface area contributed by atoms with E-state index in [1.54, 1.807) is 11.6 Å². The number of aryl methyl sites for hydroxylation is 1. The minimum absolute atomic E-state index is 0.0931. The van der Waals surface area contributed by atoms with Crippen LogP contribution in [0.4, 0.5) is 0 Å². The van der Waals surface area contributed by atoms with Gasteiger partial charge in [0.2, 0.25) is 0 Å². The van der Waals surface area contributed by atoms with Crippen LogP contribution in [0.15, 0.2) is 17.6 Å². The molecular weight excluding hydrogens is 280 g/mol. The summed E-state index contributed by atoms with van der Waals surface area (Å²) in [7, 11) is -1.78. The number of hydrogen-bond acceptors (Lipinski definition) is 5. The second-order valence-electron chi connectivity index (χ2n) is 5.65. The molecule has 20 heavy (non-hydrogen) atoms. The van der Waals surface area contributed by atoms with Gasteiger partial charge in [-0.05, 0) is 18.3 Å². The molecule has 0 aliphatic carbocycles. The summed E-state index contributed by atoms with van der Waals surface area (Å²) in [5.41, 5.74) is 6.14. The van der Waals surface area contributed by atoms with E-state index in [9.17, 15) is 8.42 Å². The standard InChI is InChI=1S/C12H20N4O3S/c1-15-6-12(14-8-15)20(17,18)16-4-10(11(13)5-16)9-2-3-19-7-9/h6,8-11H,2-5,7,13H2,1H3. The van der Waals surface area contributed by atoms with Crippen molar-refractivity contribution in [3.8, 4) is 0 Å². The Kier molecular flexibility index (Phi) is 3.57. The third kappa shape index (κ3) is 2.37. The van der Waals surface area contributed by atoms with Crippen molar-refractivity contribution in [1.82, 2.24) is 13.9 Å². The molecular formula is C12H20N4O3S. The Morgan fingerprint density at radius 2 is 2.25 bits per heavy atom. The normalized spacial score (nSPS) is 32.0. The van der Waals surface area contributed by atoms with Gasteiger partial charge in [0.1, 0.15) is 0 Å². The molecule has 0 aromatic carbocycles. The van der Waals surface area contributed by atoms with Crippen LogP contribution in [0.1, 0.15) is 6.42 Å². The van der Waals surface area contributed by atoms with Gasteiger partial charge in [-0.1, -0.05) is 0 Å². The Morgan fingerprint density at radius 3 is 2.85 bits per heavy atom. The Hall–Kier alpha value is -0.960. The van der Waals surface area contributed by atoms with Crippen LogP contribution in [0, 0.1) is 11.8 Å². The molecule has 2 aliphatic rings. The first kappa shape index (κ1) is 14.0. The van der Waals surface area contributed by atoms with Crippen LogP contribution >= 0.6 is 0 Å². The molecule has 1 aromatic heterocycles. The number of imidazole rings is 1. The molecule has 112 valence electrons. The molecule has 0 saturated carbocycles. The first-order valence-electron chi connectivity index (χ1n) is 6.80. The predicted octanol–water partition coefficient (Wildman–Crippen LogP) is -0.596. The molecule has 8 heteroatoms. The number of ether oxygens (including phenoxy) is 1. The van der Waals surface area contributed by atoms with Gasteiger partial charge in [-0.25, -0.2) is 13.4 Å². The minimum Gasteiger partial charge on any atom is -0.381 e. The number of nitrogens with zero attached hydrogens (tertiary/aromatic N) is 3. The minimum atomic E-state index is -3.53. The average Bonchev–Trinajstić information content (AvgIpc) is 3.08. The molecule has 1 aromatic rings. The first-order chi connectivity index (χ1) is 9.48. The van der Waals surface area contributed by atoms with Crippen molar-refractivity contribution < 1.29 is 13.2 Å². The van der Waals surface area contributed by atoms with Crippen molar-refractivity contribution in [2.75, 3.05) is 26.3 Å². The van der Waals surface area contributed by atoms with Crippen LogP contribution < -0.4 is 5.73 Å². The van der Waals surface area contributed by atoms with E-state index in [0.717, 1.165) is 13.0 Å². The second kappa shape index (κ2) is 5.10. The first-order valence-corrected chi connectivity index (χ1v) is 8.24. The molecule has 3 rings (SSSR count). The number of aromatic nitrogens is 2. The lowest BCUT2D eigenvalue weighted by Crippen LogP contribution is -2.34. The second-order valence-corrected chi connectivity index (χ2v) is 7.54. The maximum absolute atomic E-state index is 12.5. The summed E-state index contributed by atoms with van der Waals surface area (Å²) in [5.74, 6) is 0.546. The van der Waals surface area contributed by atoms with Gasteiger partial charge in [0.15, 0.2) is 5.03 Å². The predicted molar refractivity (Wildman–Crippen MR) is 72.4 cm³/mol. The van der Waals surface area contributed by atoms with E-state index in [1.165, 1.54) is 16.8 Å². The Bertz CT molecular complexity index is 579. The van der Waals surface area contributed by atoms with Crippen molar-refractivity contribution >= 4 is 10.0 Å². The summed E-state index contributed by atoms with van der Waals surface area (Å²) in [4.78, 5) is 3.95. The Balaban J connectivity index is 1.78. The van der Waals surface area contributed by atoms with Crippen molar-refractivity contribution in [2.45, 2.75) is 17.5 Å². The van der Waals surface area contributed by atoms with Gasteiger partial charge in [0.25, 0.3) is 10.0 Å². The molecule has 3 unspecified atom stereocenters. The highest BCUT2D eigenvalue weighted by Crippen LogP contribution is 2.31. The smallest absolute Gasteiger partial charge is 0.262 e. The van der Waals surface area contributed by atoms with Gasteiger partial charge in [0, 0.05) is 45.6 Å². The zero-order valence-corrected chi connectivity index (χ0v) is 12.3. The SMILES string of the molecule is Cn1cnc(S(=O)(=O)N2CC(N)C(C3CCOC3)C2)c1. The monoisotopic (exact) mass is 300 g/mol. The zero-order chi connectivity index (χ0) is 14.3. The lowest BCUT2D eigenvalue weighted by Gasteiger charge is -2.20. The summed E-state index contributed by atoms with van der Waals surface area (Å²) in [5, 5.41) is 0.0931. The molecule has 7 nitrogen and oxygen atoms in total. The Morgan fingerprint density at radius 1 is 1.45 bits per heavy atom. The molecule has 0 radical (unpaired) electrons. The van der Waals surface area contributed by atoms with E-state index in [2.05, 4.69) is 4.98 Å². The van der Waals surface area contributed by atoms with E-state index >= 15 is 0 Å². The maximum Gasteiger partial charge on any atom is 0.262 e. The van der Waals surface area contributed by atoms with Gasteiger partial charge >= 0.3 is 0 Å². The van der Waals surface area contributed by atoms with Crippen LogP contribution in [0.3, 0.4) is 0 Å². The molecule has 0 amide bonds. The summed E-state index contributed by atoms with van der Waals surface area (Å²) in [6.45, 7) is 2.27. The highest BCUT2D eigenvalue weighted by Gasteiger charge is 2.42. The summed E-state index contributed by atoms with van der Waals surface area (Å²) in [6.07, 6.45) is 3.98. The summed E-state index contributed by atoms with van der Waals surface area (Å²) < 4.78 is 33.5. The van der Waals surface area contributed by atoms with Crippen LogP contribution in [0.5, 0.6) is 0 Å². The van der Waals surface area contributed by atoms with E-state index in [4.69, 9.17) is 10.5 Å². The van der Waals surface area contributed by atoms with Crippen molar-refractivity contribution in [1.29, 1.82) is 0 Å². The van der Waals surface area contributed by atoms with E-state index < -0.39 is 10.0 Å². The third-order valence-corrected chi connectivity index (χ3v) is 5.95. The average molecular weight is 300 g/mol.